The first-order valence-electron chi connectivity index (χ1n) is 11.6. The van der Waals surface area contributed by atoms with Gasteiger partial charge in [0.05, 0.1) is 0 Å². The molecule has 0 atom stereocenters. The van der Waals surface area contributed by atoms with Crippen molar-refractivity contribution in [2.75, 3.05) is 0 Å². The maximum absolute atomic E-state index is 3.59. The molecule has 3 rings (SSSR count). The maximum atomic E-state index is 3.59. The van der Waals surface area contributed by atoms with E-state index in [1.807, 2.05) is 0 Å². The molecule has 0 fully saturated rings. The zero-order valence-corrected chi connectivity index (χ0v) is 18.8. The quantitative estimate of drug-likeness (QED) is 0.356. The first-order chi connectivity index (χ1) is 14.2. The van der Waals surface area contributed by atoms with Gasteiger partial charge in [-0.25, -0.2) is 0 Å². The molecule has 1 aromatic heterocycles. The molecule has 0 bridgehead atoms. The highest BCUT2D eigenvalue weighted by Gasteiger charge is 2.06. The van der Waals surface area contributed by atoms with Gasteiger partial charge in [0, 0.05) is 21.8 Å². The molecule has 0 amide bonds. The molecule has 0 radical (unpaired) electrons. The van der Waals surface area contributed by atoms with E-state index in [1.54, 1.807) is 11.1 Å². The third-order valence-electron chi connectivity index (χ3n) is 6.00. The summed E-state index contributed by atoms with van der Waals surface area (Å²) in [5, 5.41) is 2.67. The number of fused-ring (bicyclic) bond motifs is 3. The van der Waals surface area contributed by atoms with Gasteiger partial charge in [-0.15, -0.1) is 0 Å². The third-order valence-corrected chi connectivity index (χ3v) is 6.00. The van der Waals surface area contributed by atoms with Crippen molar-refractivity contribution in [3.05, 3.63) is 58.7 Å². The summed E-state index contributed by atoms with van der Waals surface area (Å²) < 4.78 is 0. The summed E-state index contributed by atoms with van der Waals surface area (Å²) in [6.07, 6.45) is 14.6. The number of hydrogen-bond donors (Lipinski definition) is 1. The maximum Gasteiger partial charge on any atom is 0.0465 e. The second kappa shape index (κ2) is 10.5. The molecule has 0 saturated carbocycles. The molecule has 154 valence electrons. The van der Waals surface area contributed by atoms with Gasteiger partial charge in [-0.2, -0.15) is 0 Å². The van der Waals surface area contributed by atoms with Gasteiger partial charge in [-0.05, 0) is 73.9 Å². The average Bonchev–Trinajstić information content (AvgIpc) is 3.11. The first kappa shape index (κ1) is 21.4. The van der Waals surface area contributed by atoms with Crippen LogP contribution in [0.15, 0.2) is 47.5 Å². The molecule has 0 saturated heterocycles. The molecule has 1 nitrogen and oxygen atoms in total. The number of unbranched alkanes of at least 4 members (excludes halogenated alkanes) is 2. The summed E-state index contributed by atoms with van der Waals surface area (Å²) in [4.78, 5) is 3.59. The van der Waals surface area contributed by atoms with Gasteiger partial charge < -0.3 is 4.98 Å². The number of allylic oxidation sites excluding steroid dienone is 2. The SMILES string of the molecule is CCCCC(=Cc1ccc2[nH]c3ccc(C=C(CC)CCCC)cc3c2c1)CC. The van der Waals surface area contributed by atoms with E-state index in [0.29, 0.717) is 0 Å². The van der Waals surface area contributed by atoms with Crippen molar-refractivity contribution in [3.63, 3.8) is 0 Å². The fraction of sp³-hybridized carbons (Fsp3) is 0.429. The number of H-pyrrole nitrogens is 1. The Morgan fingerprint density at radius 2 is 1.14 bits per heavy atom. The Balaban J connectivity index is 1.99. The summed E-state index contributed by atoms with van der Waals surface area (Å²) in [6, 6.07) is 13.7. The first-order valence-corrected chi connectivity index (χ1v) is 11.6. The largest absolute Gasteiger partial charge is 0.355 e. The Kier molecular flexibility index (Phi) is 7.75. The van der Waals surface area contributed by atoms with E-state index in [0.717, 1.165) is 12.8 Å². The third kappa shape index (κ3) is 5.41. The van der Waals surface area contributed by atoms with E-state index < -0.39 is 0 Å². The lowest BCUT2D eigenvalue weighted by Crippen LogP contribution is -1.83. The van der Waals surface area contributed by atoms with Crippen LogP contribution in [0.3, 0.4) is 0 Å². The van der Waals surface area contributed by atoms with Gasteiger partial charge in [0.2, 0.25) is 0 Å². The Bertz CT molecular complexity index is 919. The summed E-state index contributed by atoms with van der Waals surface area (Å²) in [5.41, 5.74) is 8.21. The van der Waals surface area contributed by atoms with Crippen LogP contribution >= 0.6 is 0 Å². The van der Waals surface area contributed by atoms with E-state index in [-0.39, 0.29) is 0 Å². The van der Waals surface area contributed by atoms with Crippen LogP contribution < -0.4 is 0 Å². The van der Waals surface area contributed by atoms with Crippen LogP contribution in [0.5, 0.6) is 0 Å². The molecule has 3 aromatic rings. The van der Waals surface area contributed by atoms with Crippen LogP contribution in [0.25, 0.3) is 34.0 Å². The number of aromatic amines is 1. The lowest BCUT2D eigenvalue weighted by molar-refractivity contribution is 0.770. The van der Waals surface area contributed by atoms with E-state index >= 15 is 0 Å². The number of hydrogen-bond acceptors (Lipinski definition) is 0. The summed E-state index contributed by atoms with van der Waals surface area (Å²) in [6.45, 7) is 9.08. The van der Waals surface area contributed by atoms with Crippen LogP contribution in [0.2, 0.25) is 0 Å². The molecule has 0 aliphatic heterocycles. The molecule has 1 N–H and O–H groups in total. The van der Waals surface area contributed by atoms with Crippen LogP contribution in [-0.2, 0) is 0 Å². The van der Waals surface area contributed by atoms with Gasteiger partial charge in [0.15, 0.2) is 0 Å². The monoisotopic (exact) mass is 387 g/mol. The van der Waals surface area contributed by atoms with E-state index in [4.69, 9.17) is 0 Å². The highest BCUT2D eigenvalue weighted by molar-refractivity contribution is 6.08. The molecule has 0 unspecified atom stereocenters. The second-order valence-electron chi connectivity index (χ2n) is 8.25. The van der Waals surface area contributed by atoms with Crippen molar-refractivity contribution < 1.29 is 0 Å². The summed E-state index contributed by atoms with van der Waals surface area (Å²) in [5.74, 6) is 0. The van der Waals surface area contributed by atoms with Crippen molar-refractivity contribution >= 4 is 34.0 Å². The molecular weight excluding hydrogens is 350 g/mol. The predicted molar refractivity (Wildman–Crippen MR) is 131 cm³/mol. The lowest BCUT2D eigenvalue weighted by Gasteiger charge is -2.05. The standard InChI is InChI=1S/C28H37N/c1-5-9-11-21(7-3)17-23-13-15-27-25(19-23)26-20-24(14-16-28(26)29-27)18-22(8-4)12-10-6-2/h13-20,29H,5-12H2,1-4H3. The molecule has 29 heavy (non-hydrogen) atoms. The summed E-state index contributed by atoms with van der Waals surface area (Å²) in [7, 11) is 0. The zero-order valence-electron chi connectivity index (χ0n) is 18.8. The van der Waals surface area contributed by atoms with Crippen molar-refractivity contribution in [1.82, 2.24) is 4.98 Å². The smallest absolute Gasteiger partial charge is 0.0465 e. The van der Waals surface area contributed by atoms with Crippen LogP contribution in [0.4, 0.5) is 0 Å². The van der Waals surface area contributed by atoms with Crippen LogP contribution in [0, 0.1) is 0 Å². The molecule has 0 aliphatic rings. The van der Waals surface area contributed by atoms with Crippen molar-refractivity contribution in [1.29, 1.82) is 0 Å². The van der Waals surface area contributed by atoms with Crippen LogP contribution in [-0.4, -0.2) is 4.98 Å². The number of nitrogens with one attached hydrogen (secondary N) is 1. The molecule has 2 aromatic carbocycles. The summed E-state index contributed by atoms with van der Waals surface area (Å²) >= 11 is 0. The fourth-order valence-corrected chi connectivity index (χ4v) is 4.09. The van der Waals surface area contributed by atoms with E-state index in [2.05, 4.69) is 81.2 Å². The van der Waals surface area contributed by atoms with Gasteiger partial charge in [0.1, 0.15) is 0 Å². The molecule has 1 heterocycles. The molecule has 0 aliphatic carbocycles. The van der Waals surface area contributed by atoms with E-state index in [9.17, 15) is 0 Å². The number of aromatic nitrogens is 1. The van der Waals surface area contributed by atoms with Gasteiger partial charge in [0.25, 0.3) is 0 Å². The van der Waals surface area contributed by atoms with Gasteiger partial charge in [-0.3, -0.25) is 0 Å². The minimum Gasteiger partial charge on any atom is -0.355 e. The minimum absolute atomic E-state index is 1.14. The van der Waals surface area contributed by atoms with Gasteiger partial charge >= 0.3 is 0 Å². The zero-order chi connectivity index (χ0) is 20.6. The van der Waals surface area contributed by atoms with Crippen molar-refractivity contribution in [2.24, 2.45) is 0 Å². The molecular formula is C28H37N. The van der Waals surface area contributed by atoms with E-state index in [1.165, 1.54) is 71.5 Å². The predicted octanol–water partition coefficient (Wildman–Crippen LogP) is 9.29. The van der Waals surface area contributed by atoms with Crippen molar-refractivity contribution in [3.8, 4) is 0 Å². The highest BCUT2D eigenvalue weighted by Crippen LogP contribution is 2.29. The second-order valence-corrected chi connectivity index (χ2v) is 8.25. The Morgan fingerprint density at radius 1 is 0.690 bits per heavy atom. The van der Waals surface area contributed by atoms with Crippen LogP contribution in [0.1, 0.15) is 90.2 Å². The highest BCUT2D eigenvalue weighted by atomic mass is 14.7. The topological polar surface area (TPSA) is 15.8 Å². The minimum atomic E-state index is 1.14. The number of benzene rings is 2. The Hall–Kier alpha value is -2.28. The normalized spacial score (nSPS) is 13.0. The van der Waals surface area contributed by atoms with Gasteiger partial charge in [-0.1, -0.05) is 76.0 Å². The Morgan fingerprint density at radius 3 is 1.52 bits per heavy atom. The molecule has 0 spiro atoms. The lowest BCUT2D eigenvalue weighted by atomic mass is 10.0. The average molecular weight is 388 g/mol. The molecule has 1 heteroatoms. The Labute approximate surface area is 176 Å². The van der Waals surface area contributed by atoms with Crippen molar-refractivity contribution in [2.45, 2.75) is 79.1 Å². The number of rotatable bonds is 10. The fourth-order valence-electron chi connectivity index (χ4n) is 4.09.